The average molecular weight is 441 g/mol. The summed E-state index contributed by atoms with van der Waals surface area (Å²) in [4.78, 5) is 26.0. The van der Waals surface area contributed by atoms with E-state index < -0.39 is 24.7 Å². The maximum atomic E-state index is 12.4. The number of carbonyl (C=O) groups is 2. The average Bonchev–Trinajstić information content (AvgIpc) is 3.18. The van der Waals surface area contributed by atoms with Crippen LogP contribution in [-0.2, 0) is 10.2 Å². The van der Waals surface area contributed by atoms with Gasteiger partial charge in [-0.15, -0.1) is 0 Å². The number of carbonyl (C=O) groups excluding carboxylic acids is 2. The third-order valence-electron chi connectivity index (χ3n) is 6.40. The molecule has 3 amide bonds. The summed E-state index contributed by atoms with van der Waals surface area (Å²) in [6.45, 7) is 2.03. The second-order valence-corrected chi connectivity index (χ2v) is 8.50. The smallest absolute Gasteiger partial charge is 0.405 e. The Morgan fingerprint density at radius 2 is 1.81 bits per heavy atom. The first kappa shape index (κ1) is 21.7. The molecule has 1 aromatic rings. The summed E-state index contributed by atoms with van der Waals surface area (Å²) in [5.74, 6) is 0.791. The Morgan fingerprint density at radius 3 is 2.45 bits per heavy atom. The standard InChI is InChI=1S/C21H26F3N3O4/c1-13-14-8-16-17(31-7-6-30-16)9-15(14)20(4-2-3-5-20)12-27(13)10-18(28)26-19(29)25-11-21(22,23)24/h8-9,13H,2-7,10-12H2,1H3,(H2,25,26,28,29). The maximum Gasteiger partial charge on any atom is 0.405 e. The molecule has 4 rings (SSSR count). The lowest BCUT2D eigenvalue weighted by molar-refractivity contribution is -0.125. The predicted octanol–water partition coefficient (Wildman–Crippen LogP) is 3.03. The first-order chi connectivity index (χ1) is 14.7. The summed E-state index contributed by atoms with van der Waals surface area (Å²) in [6, 6.07) is 2.78. The molecule has 7 nitrogen and oxygen atoms in total. The van der Waals surface area contributed by atoms with Crippen LogP contribution in [0.1, 0.15) is 49.8 Å². The van der Waals surface area contributed by atoms with E-state index in [1.807, 2.05) is 23.2 Å². The molecule has 0 aromatic heterocycles. The molecule has 1 atom stereocenters. The molecule has 1 unspecified atom stereocenters. The summed E-state index contributed by atoms with van der Waals surface area (Å²) in [6.07, 6.45) is -0.400. The molecular weight excluding hydrogens is 415 g/mol. The molecule has 0 bridgehead atoms. The number of amides is 3. The van der Waals surface area contributed by atoms with Crippen LogP contribution in [0.3, 0.4) is 0 Å². The van der Waals surface area contributed by atoms with E-state index >= 15 is 0 Å². The highest BCUT2D eigenvalue weighted by Gasteiger charge is 2.45. The van der Waals surface area contributed by atoms with E-state index in [0.717, 1.165) is 37.0 Å². The number of benzene rings is 1. The molecule has 170 valence electrons. The monoisotopic (exact) mass is 441 g/mol. The van der Waals surface area contributed by atoms with Crippen LogP contribution < -0.4 is 20.1 Å². The van der Waals surface area contributed by atoms with E-state index in [9.17, 15) is 22.8 Å². The van der Waals surface area contributed by atoms with Crippen LogP contribution in [0.25, 0.3) is 0 Å². The quantitative estimate of drug-likeness (QED) is 0.754. The highest BCUT2D eigenvalue weighted by molar-refractivity contribution is 5.95. The number of fused-ring (bicyclic) bond motifs is 3. The number of imide groups is 1. The number of nitrogens with zero attached hydrogens (tertiary/aromatic N) is 1. The highest BCUT2D eigenvalue weighted by atomic mass is 19.4. The summed E-state index contributed by atoms with van der Waals surface area (Å²) >= 11 is 0. The summed E-state index contributed by atoms with van der Waals surface area (Å²) in [5, 5.41) is 3.65. The van der Waals surface area contributed by atoms with Crippen LogP contribution in [-0.4, -0.2) is 55.9 Å². The van der Waals surface area contributed by atoms with Crippen LogP contribution in [0.15, 0.2) is 12.1 Å². The highest BCUT2D eigenvalue weighted by Crippen LogP contribution is 2.51. The Kier molecular flexibility index (Phi) is 5.76. The van der Waals surface area contributed by atoms with Gasteiger partial charge in [0.05, 0.1) is 6.54 Å². The van der Waals surface area contributed by atoms with Gasteiger partial charge in [0.1, 0.15) is 19.8 Å². The topological polar surface area (TPSA) is 79.9 Å². The molecule has 0 saturated heterocycles. The number of hydrogen-bond acceptors (Lipinski definition) is 5. The molecule has 1 aliphatic carbocycles. The fraction of sp³-hybridized carbons (Fsp3) is 0.619. The van der Waals surface area contributed by atoms with E-state index in [4.69, 9.17) is 9.47 Å². The Balaban J connectivity index is 1.51. The van der Waals surface area contributed by atoms with Gasteiger partial charge >= 0.3 is 12.2 Å². The van der Waals surface area contributed by atoms with Crippen LogP contribution in [0.4, 0.5) is 18.0 Å². The summed E-state index contributed by atoms with van der Waals surface area (Å²) in [7, 11) is 0. The van der Waals surface area contributed by atoms with Gasteiger partial charge in [-0.1, -0.05) is 12.8 Å². The third kappa shape index (κ3) is 4.58. The lowest BCUT2D eigenvalue weighted by Crippen LogP contribution is -2.51. The van der Waals surface area contributed by atoms with Gasteiger partial charge in [0.2, 0.25) is 5.91 Å². The largest absolute Gasteiger partial charge is 0.486 e. The van der Waals surface area contributed by atoms with Crippen LogP contribution in [0.5, 0.6) is 11.5 Å². The van der Waals surface area contributed by atoms with Crippen molar-refractivity contribution in [1.29, 1.82) is 0 Å². The summed E-state index contributed by atoms with van der Waals surface area (Å²) < 4.78 is 48.3. The minimum absolute atomic E-state index is 0.0871. The third-order valence-corrected chi connectivity index (χ3v) is 6.40. The summed E-state index contributed by atoms with van der Waals surface area (Å²) in [5.41, 5.74) is 2.17. The van der Waals surface area contributed by atoms with E-state index in [1.165, 1.54) is 5.56 Å². The first-order valence-electron chi connectivity index (χ1n) is 10.5. The fourth-order valence-corrected chi connectivity index (χ4v) is 4.96. The van der Waals surface area contributed by atoms with E-state index in [-0.39, 0.29) is 18.0 Å². The predicted molar refractivity (Wildman–Crippen MR) is 105 cm³/mol. The van der Waals surface area contributed by atoms with Gasteiger partial charge in [-0.3, -0.25) is 15.0 Å². The SMILES string of the molecule is CC1c2cc3c(cc2C2(CCCC2)CN1CC(=O)NC(=O)NCC(F)(F)F)OCCO3. The number of halogens is 3. The lowest BCUT2D eigenvalue weighted by Gasteiger charge is -2.46. The van der Waals surface area contributed by atoms with Crippen molar-refractivity contribution in [3.05, 3.63) is 23.3 Å². The van der Waals surface area contributed by atoms with Crippen molar-refractivity contribution < 1.29 is 32.2 Å². The number of rotatable bonds is 3. The lowest BCUT2D eigenvalue weighted by atomic mass is 9.71. The van der Waals surface area contributed by atoms with Crippen molar-refractivity contribution in [2.75, 3.05) is 32.8 Å². The van der Waals surface area contributed by atoms with Gasteiger partial charge < -0.3 is 14.8 Å². The Hall–Kier alpha value is -2.49. The number of nitrogens with one attached hydrogen (secondary N) is 2. The Morgan fingerprint density at radius 1 is 1.16 bits per heavy atom. The molecule has 2 N–H and O–H groups in total. The zero-order valence-corrected chi connectivity index (χ0v) is 17.3. The normalized spacial score (nSPS) is 22.1. The number of hydrogen-bond donors (Lipinski definition) is 2. The maximum absolute atomic E-state index is 12.4. The minimum Gasteiger partial charge on any atom is -0.486 e. The van der Waals surface area contributed by atoms with E-state index in [0.29, 0.717) is 25.5 Å². The molecule has 1 aromatic carbocycles. The minimum atomic E-state index is -4.54. The molecular formula is C21H26F3N3O4. The van der Waals surface area contributed by atoms with Gasteiger partial charge in [-0.2, -0.15) is 13.2 Å². The molecule has 3 aliphatic rings. The van der Waals surface area contributed by atoms with Crippen LogP contribution in [0, 0.1) is 0 Å². The first-order valence-corrected chi connectivity index (χ1v) is 10.5. The molecule has 10 heteroatoms. The van der Waals surface area contributed by atoms with Gasteiger partial charge in [0.25, 0.3) is 0 Å². The Labute approximate surface area is 178 Å². The van der Waals surface area contributed by atoms with E-state index in [2.05, 4.69) is 6.07 Å². The Bertz CT molecular complexity index is 868. The molecule has 31 heavy (non-hydrogen) atoms. The molecule has 1 spiro atoms. The molecule has 2 aliphatic heterocycles. The van der Waals surface area contributed by atoms with Crippen molar-refractivity contribution in [3.63, 3.8) is 0 Å². The molecule has 1 saturated carbocycles. The van der Waals surface area contributed by atoms with E-state index in [1.54, 1.807) is 5.32 Å². The molecule has 0 radical (unpaired) electrons. The van der Waals surface area contributed by atoms with Crippen molar-refractivity contribution in [3.8, 4) is 11.5 Å². The van der Waals surface area contributed by atoms with Gasteiger partial charge in [0.15, 0.2) is 11.5 Å². The van der Waals surface area contributed by atoms with Gasteiger partial charge in [-0.05, 0) is 43.0 Å². The second kappa shape index (κ2) is 8.22. The molecule has 2 heterocycles. The zero-order valence-electron chi connectivity index (χ0n) is 17.3. The second-order valence-electron chi connectivity index (χ2n) is 8.50. The van der Waals surface area contributed by atoms with Crippen LogP contribution in [0.2, 0.25) is 0 Å². The van der Waals surface area contributed by atoms with Gasteiger partial charge in [-0.25, -0.2) is 4.79 Å². The number of alkyl halides is 3. The van der Waals surface area contributed by atoms with Crippen molar-refractivity contribution >= 4 is 11.9 Å². The van der Waals surface area contributed by atoms with Crippen molar-refractivity contribution in [2.24, 2.45) is 0 Å². The van der Waals surface area contributed by atoms with Gasteiger partial charge in [0, 0.05) is 18.0 Å². The fourth-order valence-electron chi connectivity index (χ4n) is 4.96. The van der Waals surface area contributed by atoms with Crippen molar-refractivity contribution in [2.45, 2.75) is 50.2 Å². The number of urea groups is 1. The molecule has 1 fully saturated rings. The zero-order chi connectivity index (χ0) is 22.2. The van der Waals surface area contributed by atoms with Crippen LogP contribution >= 0.6 is 0 Å². The van der Waals surface area contributed by atoms with Crippen molar-refractivity contribution in [1.82, 2.24) is 15.5 Å². The number of ether oxygens (including phenoxy) is 2.